The fourth-order valence-electron chi connectivity index (χ4n) is 2.29. The highest BCUT2D eigenvalue weighted by Gasteiger charge is 2.30. The number of rotatable bonds is 3. The first kappa shape index (κ1) is 10.7. The van der Waals surface area contributed by atoms with Gasteiger partial charge in [-0.3, -0.25) is 0 Å². The van der Waals surface area contributed by atoms with Crippen LogP contribution in [0.5, 0.6) is 0 Å². The molecule has 84 valence electrons. The first-order valence-corrected chi connectivity index (χ1v) is 5.94. The standard InChI is InChI=1S/C12H21N3/c1-4-5-8-15-9-13-11-10(15)6-7-14-12(11,2)3/h9,14H,4-8H2,1-3H3. The number of unbranched alkanes of at least 4 members (excludes halogenated alkanes) is 1. The third-order valence-electron chi connectivity index (χ3n) is 3.22. The number of aryl methyl sites for hydroxylation is 1. The maximum atomic E-state index is 4.56. The van der Waals surface area contributed by atoms with E-state index in [1.54, 1.807) is 0 Å². The van der Waals surface area contributed by atoms with Gasteiger partial charge in [-0.25, -0.2) is 4.98 Å². The van der Waals surface area contributed by atoms with E-state index < -0.39 is 0 Å². The molecular formula is C12H21N3. The second-order valence-corrected chi connectivity index (χ2v) is 4.89. The van der Waals surface area contributed by atoms with E-state index in [1.165, 1.54) is 24.2 Å². The van der Waals surface area contributed by atoms with Gasteiger partial charge in [0.25, 0.3) is 0 Å². The smallest absolute Gasteiger partial charge is 0.0952 e. The molecule has 1 aromatic heterocycles. The van der Waals surface area contributed by atoms with E-state index in [9.17, 15) is 0 Å². The summed E-state index contributed by atoms with van der Waals surface area (Å²) in [5.74, 6) is 0. The average molecular weight is 207 g/mol. The molecule has 0 aliphatic carbocycles. The second kappa shape index (κ2) is 3.97. The molecule has 2 rings (SSSR count). The molecule has 0 bridgehead atoms. The SMILES string of the molecule is CCCCn1cnc2c1CCNC2(C)C. The lowest BCUT2D eigenvalue weighted by molar-refractivity contribution is 0.366. The molecular weight excluding hydrogens is 186 g/mol. The van der Waals surface area contributed by atoms with Gasteiger partial charge in [0.1, 0.15) is 0 Å². The molecule has 0 spiro atoms. The van der Waals surface area contributed by atoms with Gasteiger partial charge in [-0.1, -0.05) is 13.3 Å². The molecule has 1 N–H and O–H groups in total. The maximum Gasteiger partial charge on any atom is 0.0952 e. The second-order valence-electron chi connectivity index (χ2n) is 4.89. The van der Waals surface area contributed by atoms with E-state index in [2.05, 4.69) is 35.6 Å². The number of aromatic nitrogens is 2. The fraction of sp³-hybridized carbons (Fsp3) is 0.750. The topological polar surface area (TPSA) is 29.9 Å². The van der Waals surface area contributed by atoms with Crippen molar-refractivity contribution in [3.8, 4) is 0 Å². The van der Waals surface area contributed by atoms with Crippen molar-refractivity contribution in [1.82, 2.24) is 14.9 Å². The van der Waals surface area contributed by atoms with Gasteiger partial charge in [0, 0.05) is 25.2 Å². The Hall–Kier alpha value is -0.830. The summed E-state index contributed by atoms with van der Waals surface area (Å²) in [6, 6.07) is 0. The minimum Gasteiger partial charge on any atom is -0.334 e. The lowest BCUT2D eigenvalue weighted by atomic mass is 9.94. The predicted molar refractivity (Wildman–Crippen MR) is 61.9 cm³/mol. The first-order valence-electron chi connectivity index (χ1n) is 5.94. The molecule has 0 fully saturated rings. The number of hydrogen-bond acceptors (Lipinski definition) is 2. The number of imidazole rings is 1. The van der Waals surface area contributed by atoms with Crippen LogP contribution in [-0.4, -0.2) is 16.1 Å². The first-order chi connectivity index (χ1) is 7.15. The zero-order valence-corrected chi connectivity index (χ0v) is 10.0. The summed E-state index contributed by atoms with van der Waals surface area (Å²) in [5, 5.41) is 3.51. The van der Waals surface area contributed by atoms with Crippen LogP contribution in [0.2, 0.25) is 0 Å². The summed E-state index contributed by atoms with van der Waals surface area (Å²) >= 11 is 0. The monoisotopic (exact) mass is 207 g/mol. The maximum absolute atomic E-state index is 4.56. The van der Waals surface area contributed by atoms with Crippen LogP contribution in [0.4, 0.5) is 0 Å². The summed E-state index contributed by atoms with van der Waals surface area (Å²) in [6.07, 6.45) is 5.61. The Balaban J connectivity index is 2.26. The van der Waals surface area contributed by atoms with Crippen molar-refractivity contribution < 1.29 is 0 Å². The van der Waals surface area contributed by atoms with Gasteiger partial charge < -0.3 is 9.88 Å². The summed E-state index contributed by atoms with van der Waals surface area (Å²) in [6.45, 7) is 8.84. The third kappa shape index (κ3) is 1.93. The molecule has 1 aromatic rings. The predicted octanol–water partition coefficient (Wildman–Crippen LogP) is 2.06. The summed E-state index contributed by atoms with van der Waals surface area (Å²) in [5.41, 5.74) is 2.72. The molecule has 0 radical (unpaired) electrons. The highest BCUT2D eigenvalue weighted by Crippen LogP contribution is 2.26. The van der Waals surface area contributed by atoms with E-state index >= 15 is 0 Å². The van der Waals surface area contributed by atoms with Crippen molar-refractivity contribution in [3.05, 3.63) is 17.7 Å². The molecule has 0 unspecified atom stereocenters. The van der Waals surface area contributed by atoms with Gasteiger partial charge >= 0.3 is 0 Å². The molecule has 1 aliphatic rings. The highest BCUT2D eigenvalue weighted by atomic mass is 15.1. The van der Waals surface area contributed by atoms with E-state index in [-0.39, 0.29) is 5.54 Å². The van der Waals surface area contributed by atoms with Crippen molar-refractivity contribution in [2.45, 2.75) is 52.1 Å². The van der Waals surface area contributed by atoms with Gasteiger partial charge in [-0.2, -0.15) is 0 Å². The van der Waals surface area contributed by atoms with Gasteiger partial charge in [0.15, 0.2) is 0 Å². The van der Waals surface area contributed by atoms with Crippen LogP contribution < -0.4 is 5.32 Å². The van der Waals surface area contributed by atoms with Crippen LogP contribution >= 0.6 is 0 Å². The zero-order chi connectivity index (χ0) is 10.9. The Morgan fingerprint density at radius 1 is 1.53 bits per heavy atom. The molecule has 15 heavy (non-hydrogen) atoms. The van der Waals surface area contributed by atoms with Crippen molar-refractivity contribution in [3.63, 3.8) is 0 Å². The third-order valence-corrected chi connectivity index (χ3v) is 3.22. The molecule has 2 heterocycles. The highest BCUT2D eigenvalue weighted by molar-refractivity contribution is 5.24. The van der Waals surface area contributed by atoms with Crippen molar-refractivity contribution in [1.29, 1.82) is 0 Å². The van der Waals surface area contributed by atoms with Gasteiger partial charge in [-0.15, -0.1) is 0 Å². The van der Waals surface area contributed by atoms with Crippen molar-refractivity contribution in [2.24, 2.45) is 0 Å². The minimum absolute atomic E-state index is 0.0467. The van der Waals surface area contributed by atoms with Crippen molar-refractivity contribution in [2.75, 3.05) is 6.54 Å². The molecule has 0 saturated carbocycles. The van der Waals surface area contributed by atoms with Crippen LogP contribution in [0.25, 0.3) is 0 Å². The van der Waals surface area contributed by atoms with E-state index in [1.807, 2.05) is 6.33 Å². The average Bonchev–Trinajstić information content (AvgIpc) is 2.59. The zero-order valence-electron chi connectivity index (χ0n) is 10.0. The Labute approximate surface area is 91.9 Å². The van der Waals surface area contributed by atoms with E-state index in [4.69, 9.17) is 0 Å². The van der Waals surface area contributed by atoms with E-state index in [0.717, 1.165) is 19.5 Å². The van der Waals surface area contributed by atoms with Crippen LogP contribution in [0, 0.1) is 0 Å². The quantitative estimate of drug-likeness (QED) is 0.822. The number of nitrogens with zero attached hydrogens (tertiary/aromatic N) is 2. The van der Waals surface area contributed by atoms with E-state index in [0.29, 0.717) is 0 Å². The van der Waals surface area contributed by atoms with Crippen molar-refractivity contribution >= 4 is 0 Å². The van der Waals surface area contributed by atoms with Gasteiger partial charge in [-0.05, 0) is 20.3 Å². The van der Waals surface area contributed by atoms with Gasteiger partial charge in [0.2, 0.25) is 0 Å². The lowest BCUT2D eigenvalue weighted by Gasteiger charge is -2.30. The molecule has 3 nitrogen and oxygen atoms in total. The Morgan fingerprint density at radius 3 is 3.07 bits per heavy atom. The molecule has 3 heteroatoms. The summed E-state index contributed by atoms with van der Waals surface area (Å²) < 4.78 is 2.33. The normalized spacial score (nSPS) is 18.9. The molecule has 1 aliphatic heterocycles. The molecule has 0 amide bonds. The van der Waals surface area contributed by atoms with Crippen LogP contribution in [0.15, 0.2) is 6.33 Å². The van der Waals surface area contributed by atoms with Crippen LogP contribution in [0.3, 0.4) is 0 Å². The summed E-state index contributed by atoms with van der Waals surface area (Å²) in [4.78, 5) is 4.56. The van der Waals surface area contributed by atoms with Crippen LogP contribution in [-0.2, 0) is 18.5 Å². The van der Waals surface area contributed by atoms with Gasteiger partial charge in [0.05, 0.1) is 17.6 Å². The summed E-state index contributed by atoms with van der Waals surface area (Å²) in [7, 11) is 0. The number of hydrogen-bond donors (Lipinski definition) is 1. The largest absolute Gasteiger partial charge is 0.334 e. The Bertz CT molecular complexity index is 339. The molecule has 0 saturated heterocycles. The Kier molecular flexibility index (Phi) is 2.83. The Morgan fingerprint density at radius 2 is 2.33 bits per heavy atom. The molecule has 0 aromatic carbocycles. The number of nitrogens with one attached hydrogen (secondary N) is 1. The minimum atomic E-state index is 0.0467. The van der Waals surface area contributed by atoms with Crippen LogP contribution in [0.1, 0.15) is 45.0 Å². The molecule has 0 atom stereocenters. The number of fused-ring (bicyclic) bond motifs is 1. The lowest BCUT2D eigenvalue weighted by Crippen LogP contribution is -2.43. The fourth-order valence-corrected chi connectivity index (χ4v) is 2.29.